The predicted molar refractivity (Wildman–Crippen MR) is 81.4 cm³/mol. The minimum atomic E-state index is -0.907. The largest absolute Gasteiger partial charge is 0.480 e. The van der Waals surface area contributed by atoms with Crippen molar-refractivity contribution in [3.05, 3.63) is 0 Å². The zero-order valence-electron chi connectivity index (χ0n) is 12.5. The Kier molecular flexibility index (Phi) is 6.82. The second-order valence-corrected chi connectivity index (χ2v) is 7.00. The smallest absolute Gasteiger partial charge is 0.327 e. The second kappa shape index (κ2) is 7.88. The van der Waals surface area contributed by atoms with Gasteiger partial charge in [-0.05, 0) is 31.2 Å². The Balaban J connectivity index is 2.73. The number of hydrogen-bond acceptors (Lipinski definition) is 4. The third-order valence-corrected chi connectivity index (χ3v) is 5.07. The van der Waals surface area contributed by atoms with Crippen molar-refractivity contribution in [2.24, 2.45) is 17.6 Å². The summed E-state index contributed by atoms with van der Waals surface area (Å²) < 4.78 is 0. The fourth-order valence-corrected chi connectivity index (χ4v) is 4.05. The molecule has 0 radical (unpaired) electrons. The molecule has 1 rings (SSSR count). The van der Waals surface area contributed by atoms with Gasteiger partial charge in [0.25, 0.3) is 0 Å². The Labute approximate surface area is 125 Å². The van der Waals surface area contributed by atoms with Crippen molar-refractivity contribution in [1.29, 1.82) is 0 Å². The second-order valence-electron chi connectivity index (χ2n) is 5.79. The molecule has 0 aromatic rings. The predicted octanol–water partition coefficient (Wildman–Crippen LogP) is 1.76. The van der Waals surface area contributed by atoms with Crippen molar-refractivity contribution in [2.45, 2.75) is 51.4 Å². The number of carbonyl (C=O) groups excluding carboxylic acids is 1. The number of nitrogens with two attached hydrogens (primary N) is 1. The summed E-state index contributed by atoms with van der Waals surface area (Å²) in [5.74, 6) is 0.138. The molecule has 1 saturated heterocycles. The lowest BCUT2D eigenvalue weighted by atomic mass is 9.93. The molecule has 116 valence electrons. The number of aliphatic carboxylic acids is 1. The van der Waals surface area contributed by atoms with E-state index in [0.717, 1.165) is 12.8 Å². The first-order valence-corrected chi connectivity index (χ1v) is 8.31. The van der Waals surface area contributed by atoms with Gasteiger partial charge in [-0.3, -0.25) is 4.79 Å². The van der Waals surface area contributed by atoms with E-state index in [2.05, 4.69) is 13.8 Å². The number of carboxylic acid groups (broad SMARTS) is 1. The van der Waals surface area contributed by atoms with Crippen molar-refractivity contribution in [2.75, 3.05) is 12.3 Å². The molecule has 0 aromatic carbocycles. The summed E-state index contributed by atoms with van der Waals surface area (Å²) >= 11 is 1.56. The number of carboxylic acids is 1. The minimum absolute atomic E-state index is 0.0129. The van der Waals surface area contributed by atoms with Crippen LogP contribution in [0.5, 0.6) is 0 Å². The molecular weight excluding hydrogens is 276 g/mol. The van der Waals surface area contributed by atoms with Crippen molar-refractivity contribution < 1.29 is 14.7 Å². The Morgan fingerprint density at radius 1 is 1.45 bits per heavy atom. The van der Waals surface area contributed by atoms with E-state index >= 15 is 0 Å². The van der Waals surface area contributed by atoms with Gasteiger partial charge in [-0.1, -0.05) is 20.8 Å². The molecule has 1 heterocycles. The van der Waals surface area contributed by atoms with Crippen LogP contribution in [0.25, 0.3) is 0 Å². The molecule has 0 aromatic heterocycles. The zero-order chi connectivity index (χ0) is 15.3. The first kappa shape index (κ1) is 17.3. The molecule has 20 heavy (non-hydrogen) atoms. The molecule has 1 fully saturated rings. The molecule has 1 aliphatic heterocycles. The van der Waals surface area contributed by atoms with Crippen molar-refractivity contribution in [1.82, 2.24) is 4.90 Å². The number of nitrogens with zero attached hydrogens (tertiary/aromatic N) is 1. The third kappa shape index (κ3) is 4.38. The van der Waals surface area contributed by atoms with Crippen LogP contribution in [0.2, 0.25) is 0 Å². The lowest BCUT2D eigenvalue weighted by Gasteiger charge is -2.28. The molecule has 3 N–H and O–H groups in total. The molecule has 1 amide bonds. The third-order valence-electron chi connectivity index (χ3n) is 3.62. The van der Waals surface area contributed by atoms with Crippen LogP contribution in [0.4, 0.5) is 0 Å². The van der Waals surface area contributed by atoms with Crippen LogP contribution in [0.15, 0.2) is 0 Å². The van der Waals surface area contributed by atoms with E-state index in [1.54, 1.807) is 16.7 Å². The summed E-state index contributed by atoms with van der Waals surface area (Å²) in [7, 11) is 0. The van der Waals surface area contributed by atoms with E-state index < -0.39 is 12.0 Å². The van der Waals surface area contributed by atoms with Crippen LogP contribution in [0, 0.1) is 11.8 Å². The Morgan fingerprint density at radius 2 is 2.10 bits per heavy atom. The number of carbonyl (C=O) groups is 2. The first-order valence-electron chi connectivity index (χ1n) is 7.26. The van der Waals surface area contributed by atoms with Gasteiger partial charge in [0.05, 0.1) is 5.37 Å². The highest BCUT2D eigenvalue weighted by atomic mass is 32.2. The topological polar surface area (TPSA) is 83.6 Å². The molecule has 0 saturated carbocycles. The average molecular weight is 302 g/mol. The normalized spacial score (nSPS) is 24.1. The van der Waals surface area contributed by atoms with E-state index in [4.69, 9.17) is 5.73 Å². The van der Waals surface area contributed by atoms with Crippen LogP contribution in [-0.4, -0.2) is 45.6 Å². The fourth-order valence-electron chi connectivity index (χ4n) is 2.68. The molecule has 5 nitrogen and oxygen atoms in total. The highest BCUT2D eigenvalue weighted by Crippen LogP contribution is 2.32. The van der Waals surface area contributed by atoms with Crippen LogP contribution < -0.4 is 5.73 Å². The lowest BCUT2D eigenvalue weighted by Crippen LogP contribution is -2.46. The number of amides is 1. The van der Waals surface area contributed by atoms with Gasteiger partial charge >= 0.3 is 5.97 Å². The monoisotopic (exact) mass is 302 g/mol. The van der Waals surface area contributed by atoms with Gasteiger partial charge < -0.3 is 15.7 Å². The van der Waals surface area contributed by atoms with Gasteiger partial charge in [0.2, 0.25) is 5.91 Å². The van der Waals surface area contributed by atoms with Gasteiger partial charge in [-0.25, -0.2) is 4.79 Å². The molecular formula is C14H26N2O3S. The van der Waals surface area contributed by atoms with Crippen LogP contribution >= 0.6 is 11.8 Å². The van der Waals surface area contributed by atoms with Crippen molar-refractivity contribution in [3.8, 4) is 0 Å². The van der Waals surface area contributed by atoms with Gasteiger partial charge in [0.15, 0.2) is 0 Å². The summed E-state index contributed by atoms with van der Waals surface area (Å²) in [5.41, 5.74) is 5.74. The highest BCUT2D eigenvalue weighted by Gasteiger charge is 2.40. The first-order chi connectivity index (χ1) is 9.40. The highest BCUT2D eigenvalue weighted by molar-refractivity contribution is 8.00. The Morgan fingerprint density at radius 3 is 2.55 bits per heavy atom. The number of rotatable bonds is 7. The summed E-state index contributed by atoms with van der Waals surface area (Å²) in [6, 6.07) is -0.685. The van der Waals surface area contributed by atoms with Crippen molar-refractivity contribution in [3.63, 3.8) is 0 Å². The van der Waals surface area contributed by atoms with Gasteiger partial charge in [0, 0.05) is 12.2 Å². The maximum Gasteiger partial charge on any atom is 0.327 e. The van der Waals surface area contributed by atoms with Crippen LogP contribution in [0.1, 0.15) is 40.0 Å². The SMILES string of the molecule is CCC1SCC(C(=O)O)N1C(=O)CC(CN)CC(C)C. The Hall–Kier alpha value is -0.750. The van der Waals surface area contributed by atoms with Crippen molar-refractivity contribution >= 4 is 23.6 Å². The number of thioether (sulfide) groups is 1. The molecule has 3 unspecified atom stereocenters. The minimum Gasteiger partial charge on any atom is -0.480 e. The zero-order valence-corrected chi connectivity index (χ0v) is 13.4. The standard InChI is InChI=1S/C14H26N2O3S/c1-4-13-16(11(8-20-13)14(18)19)12(17)6-10(7-15)5-9(2)3/h9-11,13H,4-8,15H2,1-3H3,(H,18,19). The molecule has 0 spiro atoms. The summed E-state index contributed by atoms with van der Waals surface area (Å²) in [4.78, 5) is 25.3. The van der Waals surface area contributed by atoms with Gasteiger partial charge in [-0.15, -0.1) is 11.8 Å². The lowest BCUT2D eigenvalue weighted by molar-refractivity contribution is -0.149. The van der Waals surface area contributed by atoms with E-state index in [9.17, 15) is 14.7 Å². The molecule has 1 aliphatic rings. The summed E-state index contributed by atoms with van der Waals surface area (Å²) in [6.07, 6.45) is 2.03. The average Bonchev–Trinajstić information content (AvgIpc) is 2.81. The van der Waals surface area contributed by atoms with E-state index in [-0.39, 0.29) is 17.2 Å². The quantitative estimate of drug-likeness (QED) is 0.748. The van der Waals surface area contributed by atoms with E-state index in [1.165, 1.54) is 0 Å². The maximum absolute atomic E-state index is 12.5. The van der Waals surface area contributed by atoms with Gasteiger partial charge in [-0.2, -0.15) is 0 Å². The molecule has 3 atom stereocenters. The van der Waals surface area contributed by atoms with E-state index in [0.29, 0.717) is 24.6 Å². The Bertz CT molecular complexity index is 349. The summed E-state index contributed by atoms with van der Waals surface area (Å²) in [6.45, 7) is 6.66. The maximum atomic E-state index is 12.5. The summed E-state index contributed by atoms with van der Waals surface area (Å²) in [5, 5.41) is 9.24. The van der Waals surface area contributed by atoms with Crippen LogP contribution in [0.3, 0.4) is 0 Å². The van der Waals surface area contributed by atoms with E-state index in [1.807, 2.05) is 6.92 Å². The molecule has 0 aliphatic carbocycles. The fraction of sp³-hybridized carbons (Fsp3) is 0.857. The van der Waals surface area contributed by atoms with Crippen LogP contribution in [-0.2, 0) is 9.59 Å². The van der Waals surface area contributed by atoms with Gasteiger partial charge in [0.1, 0.15) is 6.04 Å². The molecule has 0 bridgehead atoms. The molecule has 6 heteroatoms. The number of hydrogen-bond donors (Lipinski definition) is 2.